The molecule has 3 rings (SSSR count). The van der Waals surface area contributed by atoms with Crippen molar-refractivity contribution in [1.82, 2.24) is 4.98 Å². The highest BCUT2D eigenvalue weighted by atomic mass is 16.3. The maximum Gasteiger partial charge on any atom is 0.123 e. The van der Waals surface area contributed by atoms with Crippen LogP contribution >= 0.6 is 0 Å². The highest BCUT2D eigenvalue weighted by Gasteiger charge is 2.49. The van der Waals surface area contributed by atoms with Gasteiger partial charge in [0.25, 0.3) is 0 Å². The minimum absolute atomic E-state index is 0.0563. The van der Waals surface area contributed by atoms with Crippen molar-refractivity contribution in [2.24, 2.45) is 0 Å². The molecule has 1 heterocycles. The fourth-order valence-corrected chi connectivity index (χ4v) is 2.76. The summed E-state index contributed by atoms with van der Waals surface area (Å²) in [5.74, 6) is 0.509. The van der Waals surface area contributed by atoms with Gasteiger partial charge in [-0.2, -0.15) is 0 Å². The van der Waals surface area contributed by atoms with Gasteiger partial charge >= 0.3 is 0 Å². The van der Waals surface area contributed by atoms with Gasteiger partial charge in [-0.25, -0.2) is 4.98 Å². The molecule has 1 aromatic heterocycles. The molecule has 19 heavy (non-hydrogen) atoms. The number of aliphatic hydroxyl groups excluding tert-OH is 1. The lowest BCUT2D eigenvalue weighted by Gasteiger charge is -2.23. The number of benzene rings is 1. The quantitative estimate of drug-likeness (QED) is 0.880. The number of hydrogen-bond acceptors (Lipinski definition) is 3. The van der Waals surface area contributed by atoms with Crippen LogP contribution < -0.4 is 5.73 Å². The van der Waals surface area contributed by atoms with Gasteiger partial charge in [0.15, 0.2) is 0 Å². The second-order valence-electron chi connectivity index (χ2n) is 5.33. The zero-order valence-electron chi connectivity index (χ0n) is 10.8. The van der Waals surface area contributed by atoms with Crippen molar-refractivity contribution in [3.05, 3.63) is 59.8 Å². The van der Waals surface area contributed by atoms with Gasteiger partial charge in [-0.3, -0.25) is 0 Å². The summed E-state index contributed by atoms with van der Waals surface area (Å²) >= 11 is 0. The van der Waals surface area contributed by atoms with Crippen molar-refractivity contribution in [2.45, 2.75) is 30.8 Å². The summed E-state index contributed by atoms with van der Waals surface area (Å²) in [7, 11) is 0. The first-order valence-corrected chi connectivity index (χ1v) is 6.65. The highest BCUT2D eigenvalue weighted by Crippen LogP contribution is 2.51. The Balaban J connectivity index is 1.79. The van der Waals surface area contributed by atoms with Crippen LogP contribution in [0.5, 0.6) is 0 Å². The molecule has 0 bridgehead atoms. The molecule has 1 aromatic carbocycles. The third-order valence-corrected chi connectivity index (χ3v) is 4.05. The average Bonchev–Trinajstić information content (AvgIpc) is 3.21. The largest absolute Gasteiger partial charge is 0.392 e. The van der Waals surface area contributed by atoms with Crippen LogP contribution in [0.3, 0.4) is 0 Å². The van der Waals surface area contributed by atoms with Gasteiger partial charge < -0.3 is 10.8 Å². The van der Waals surface area contributed by atoms with E-state index in [4.69, 9.17) is 5.73 Å². The van der Waals surface area contributed by atoms with E-state index in [0.717, 1.165) is 18.4 Å². The molecule has 0 saturated heterocycles. The Morgan fingerprint density at radius 1 is 1.21 bits per heavy atom. The molecular formula is C16H18N2O. The highest BCUT2D eigenvalue weighted by molar-refractivity contribution is 5.36. The zero-order valence-corrected chi connectivity index (χ0v) is 10.8. The summed E-state index contributed by atoms with van der Waals surface area (Å²) in [6, 6.07) is 14.0. The number of anilines is 1. The van der Waals surface area contributed by atoms with Gasteiger partial charge in [-0.1, -0.05) is 30.3 Å². The molecule has 0 radical (unpaired) electrons. The summed E-state index contributed by atoms with van der Waals surface area (Å²) in [4.78, 5) is 3.98. The fourth-order valence-electron chi connectivity index (χ4n) is 2.76. The second kappa shape index (κ2) is 4.67. The van der Waals surface area contributed by atoms with E-state index in [1.165, 1.54) is 5.56 Å². The smallest absolute Gasteiger partial charge is 0.123 e. The molecule has 1 atom stereocenters. The lowest BCUT2D eigenvalue weighted by molar-refractivity contribution is 0.131. The van der Waals surface area contributed by atoms with Crippen molar-refractivity contribution in [3.63, 3.8) is 0 Å². The number of rotatable bonds is 4. The van der Waals surface area contributed by atoms with E-state index in [9.17, 15) is 5.11 Å². The molecule has 1 saturated carbocycles. The van der Waals surface area contributed by atoms with Crippen LogP contribution in [-0.4, -0.2) is 16.2 Å². The Labute approximate surface area is 113 Å². The molecule has 1 unspecified atom stereocenters. The molecule has 0 amide bonds. The summed E-state index contributed by atoms with van der Waals surface area (Å²) in [6.45, 7) is 0. The lowest BCUT2D eigenvalue weighted by atomic mass is 9.87. The van der Waals surface area contributed by atoms with Crippen LogP contribution in [-0.2, 0) is 11.8 Å². The Morgan fingerprint density at radius 3 is 2.58 bits per heavy atom. The van der Waals surface area contributed by atoms with E-state index in [1.54, 1.807) is 6.20 Å². The molecular weight excluding hydrogens is 236 g/mol. The maximum atomic E-state index is 10.6. The topological polar surface area (TPSA) is 59.1 Å². The Bertz CT molecular complexity index is 564. The van der Waals surface area contributed by atoms with Gasteiger partial charge in [-0.15, -0.1) is 0 Å². The predicted octanol–water partition coefficient (Wildman–Crippen LogP) is 2.30. The number of hydrogen-bond donors (Lipinski definition) is 2. The Morgan fingerprint density at radius 2 is 1.95 bits per heavy atom. The fraction of sp³-hybridized carbons (Fsp3) is 0.312. The number of nitrogens with zero attached hydrogens (tertiary/aromatic N) is 1. The third kappa shape index (κ3) is 2.34. The number of aliphatic hydroxyl groups is 1. The maximum absolute atomic E-state index is 10.6. The van der Waals surface area contributed by atoms with Gasteiger partial charge in [0.2, 0.25) is 0 Å². The average molecular weight is 254 g/mol. The standard InChI is InChI=1S/C16H18N2O/c17-15-11-12(6-9-18-15)10-14(19)16(7-8-16)13-4-2-1-3-5-13/h1-6,9,11,14,19H,7-8,10H2,(H2,17,18). The van der Waals surface area contributed by atoms with Crippen molar-refractivity contribution in [3.8, 4) is 0 Å². The molecule has 1 aliphatic carbocycles. The molecule has 0 spiro atoms. The summed E-state index contributed by atoms with van der Waals surface area (Å²) in [5.41, 5.74) is 7.91. The molecule has 98 valence electrons. The minimum atomic E-state index is -0.364. The van der Waals surface area contributed by atoms with Gasteiger partial charge in [0, 0.05) is 11.6 Å². The first-order valence-electron chi connectivity index (χ1n) is 6.65. The summed E-state index contributed by atoms with van der Waals surface area (Å²) in [6.07, 6.45) is 4.06. The number of nitrogens with two attached hydrogens (primary N) is 1. The van der Waals surface area contributed by atoms with Crippen LogP contribution in [0.15, 0.2) is 48.7 Å². The molecule has 1 fully saturated rings. The zero-order chi connectivity index (χ0) is 13.3. The van der Waals surface area contributed by atoms with E-state index in [0.29, 0.717) is 12.2 Å². The van der Waals surface area contributed by atoms with Crippen molar-refractivity contribution in [1.29, 1.82) is 0 Å². The number of aromatic nitrogens is 1. The SMILES string of the molecule is Nc1cc(CC(O)C2(c3ccccc3)CC2)ccn1. The molecule has 1 aliphatic rings. The first-order chi connectivity index (χ1) is 9.21. The first kappa shape index (κ1) is 12.2. The minimum Gasteiger partial charge on any atom is -0.392 e. The van der Waals surface area contributed by atoms with Gasteiger partial charge in [0.1, 0.15) is 5.82 Å². The molecule has 3 heteroatoms. The third-order valence-electron chi connectivity index (χ3n) is 4.05. The van der Waals surface area contributed by atoms with Crippen LogP contribution in [0, 0.1) is 0 Å². The van der Waals surface area contributed by atoms with Crippen LogP contribution in [0.2, 0.25) is 0 Å². The normalized spacial score (nSPS) is 17.9. The van der Waals surface area contributed by atoms with E-state index in [-0.39, 0.29) is 11.5 Å². The monoisotopic (exact) mass is 254 g/mol. The van der Waals surface area contributed by atoms with Crippen molar-refractivity contribution < 1.29 is 5.11 Å². The number of nitrogen functional groups attached to an aromatic ring is 1. The van der Waals surface area contributed by atoms with E-state index < -0.39 is 0 Å². The Kier molecular flexibility index (Phi) is 2.99. The molecule has 3 nitrogen and oxygen atoms in total. The molecule has 2 aromatic rings. The lowest BCUT2D eigenvalue weighted by Crippen LogP contribution is -2.28. The Hall–Kier alpha value is -1.87. The van der Waals surface area contributed by atoms with Gasteiger partial charge in [-0.05, 0) is 42.5 Å². The van der Waals surface area contributed by atoms with Gasteiger partial charge in [0.05, 0.1) is 6.10 Å². The van der Waals surface area contributed by atoms with E-state index in [1.807, 2.05) is 30.3 Å². The molecule has 3 N–H and O–H groups in total. The van der Waals surface area contributed by atoms with Crippen molar-refractivity contribution >= 4 is 5.82 Å². The van der Waals surface area contributed by atoms with Crippen LogP contribution in [0.25, 0.3) is 0 Å². The van der Waals surface area contributed by atoms with Crippen molar-refractivity contribution in [2.75, 3.05) is 5.73 Å². The molecule has 0 aliphatic heterocycles. The summed E-state index contributed by atoms with van der Waals surface area (Å²) < 4.78 is 0. The van der Waals surface area contributed by atoms with Crippen LogP contribution in [0.1, 0.15) is 24.0 Å². The number of pyridine rings is 1. The van der Waals surface area contributed by atoms with E-state index in [2.05, 4.69) is 17.1 Å². The predicted molar refractivity (Wildman–Crippen MR) is 75.7 cm³/mol. The van der Waals surface area contributed by atoms with E-state index >= 15 is 0 Å². The van der Waals surface area contributed by atoms with Crippen LogP contribution in [0.4, 0.5) is 5.82 Å². The summed E-state index contributed by atoms with van der Waals surface area (Å²) in [5, 5.41) is 10.6. The second-order valence-corrected chi connectivity index (χ2v) is 5.33.